The van der Waals surface area contributed by atoms with Gasteiger partial charge in [-0.25, -0.2) is 0 Å². The van der Waals surface area contributed by atoms with Gasteiger partial charge in [0.05, 0.1) is 6.61 Å². The molecule has 0 bridgehead atoms. The lowest BCUT2D eigenvalue weighted by Crippen LogP contribution is -2.38. The van der Waals surface area contributed by atoms with Gasteiger partial charge in [-0.15, -0.1) is 0 Å². The lowest BCUT2D eigenvalue weighted by molar-refractivity contribution is 0.238. The molecule has 0 amide bonds. The van der Waals surface area contributed by atoms with Crippen LogP contribution in [0.2, 0.25) is 0 Å². The predicted molar refractivity (Wildman–Crippen MR) is 46.4 cm³/mol. The van der Waals surface area contributed by atoms with Crippen LogP contribution in [0.3, 0.4) is 0 Å². The van der Waals surface area contributed by atoms with Gasteiger partial charge in [-0.05, 0) is 32.1 Å². The minimum atomic E-state index is 0.242. The minimum absolute atomic E-state index is 0.242. The topological polar surface area (TPSA) is 32.3 Å². The second kappa shape index (κ2) is 3.55. The highest BCUT2D eigenvalue weighted by molar-refractivity contribution is 4.90. The summed E-state index contributed by atoms with van der Waals surface area (Å²) in [4.78, 5) is 0. The first-order valence-electron chi connectivity index (χ1n) is 4.52. The summed E-state index contributed by atoms with van der Waals surface area (Å²) in [5.41, 5.74) is 0. The molecule has 2 nitrogen and oxygen atoms in total. The summed E-state index contributed by atoms with van der Waals surface area (Å²) in [6, 6.07) is 0.824. The van der Waals surface area contributed by atoms with Crippen LogP contribution >= 0.6 is 0 Å². The van der Waals surface area contributed by atoms with E-state index in [-0.39, 0.29) is 12.6 Å². The predicted octanol–water partition coefficient (Wildman–Crippen LogP) is 1.00. The Morgan fingerprint density at radius 1 is 1.55 bits per heavy atom. The Hall–Kier alpha value is -0.0800. The normalized spacial score (nSPS) is 34.9. The van der Waals surface area contributed by atoms with Crippen molar-refractivity contribution in [3.63, 3.8) is 0 Å². The molecule has 0 aromatic rings. The molecule has 0 aliphatic heterocycles. The average molecular weight is 157 g/mol. The van der Waals surface area contributed by atoms with Gasteiger partial charge in [-0.2, -0.15) is 0 Å². The van der Waals surface area contributed by atoms with Crippen molar-refractivity contribution in [1.82, 2.24) is 5.32 Å². The van der Waals surface area contributed by atoms with Crippen molar-refractivity contribution >= 4 is 0 Å². The molecule has 11 heavy (non-hydrogen) atoms. The third-order valence-corrected chi connectivity index (χ3v) is 2.64. The van der Waals surface area contributed by atoms with Crippen LogP contribution in [-0.4, -0.2) is 23.8 Å². The Kier molecular flexibility index (Phi) is 2.90. The van der Waals surface area contributed by atoms with Crippen molar-refractivity contribution in [3.8, 4) is 0 Å². The van der Waals surface area contributed by atoms with E-state index in [1.165, 1.54) is 6.42 Å². The average Bonchev–Trinajstić information content (AvgIpc) is 2.66. The third kappa shape index (κ3) is 2.46. The van der Waals surface area contributed by atoms with E-state index in [4.69, 9.17) is 5.11 Å². The molecule has 1 rings (SSSR count). The number of rotatable bonds is 4. The summed E-state index contributed by atoms with van der Waals surface area (Å²) in [7, 11) is 0. The van der Waals surface area contributed by atoms with E-state index < -0.39 is 0 Å². The van der Waals surface area contributed by atoms with Crippen molar-refractivity contribution in [2.24, 2.45) is 11.8 Å². The summed E-state index contributed by atoms with van der Waals surface area (Å²) < 4.78 is 0. The zero-order valence-electron chi connectivity index (χ0n) is 7.67. The van der Waals surface area contributed by atoms with Crippen molar-refractivity contribution in [2.75, 3.05) is 6.61 Å². The fourth-order valence-corrected chi connectivity index (χ4v) is 1.67. The third-order valence-electron chi connectivity index (χ3n) is 2.64. The fourth-order valence-electron chi connectivity index (χ4n) is 1.67. The van der Waals surface area contributed by atoms with E-state index in [1.54, 1.807) is 0 Å². The van der Waals surface area contributed by atoms with Crippen LogP contribution in [0.15, 0.2) is 0 Å². The molecule has 1 aliphatic rings. The quantitative estimate of drug-likeness (QED) is 0.638. The van der Waals surface area contributed by atoms with Gasteiger partial charge >= 0.3 is 0 Å². The summed E-state index contributed by atoms with van der Waals surface area (Å²) >= 11 is 0. The fraction of sp³-hybridized carbons (Fsp3) is 1.00. The first-order valence-corrected chi connectivity index (χ1v) is 4.52. The second-order valence-electron chi connectivity index (χ2n) is 3.92. The Bertz CT molecular complexity index is 127. The number of aliphatic hydroxyl groups excluding tert-OH is 1. The molecule has 2 N–H and O–H groups in total. The van der Waals surface area contributed by atoms with Crippen molar-refractivity contribution in [3.05, 3.63) is 0 Å². The lowest BCUT2D eigenvalue weighted by atomic mass is 10.1. The summed E-state index contributed by atoms with van der Waals surface area (Å²) in [6.45, 7) is 6.75. The lowest BCUT2D eigenvalue weighted by Gasteiger charge is -2.17. The van der Waals surface area contributed by atoms with E-state index >= 15 is 0 Å². The molecule has 1 fully saturated rings. The molecule has 0 spiro atoms. The van der Waals surface area contributed by atoms with Gasteiger partial charge in [0, 0.05) is 12.1 Å². The summed E-state index contributed by atoms with van der Waals surface area (Å²) in [5, 5.41) is 12.2. The maximum atomic E-state index is 8.79. The van der Waals surface area contributed by atoms with Crippen LogP contribution in [-0.2, 0) is 0 Å². The Balaban J connectivity index is 2.16. The SMILES string of the molecule is CC(CO)NC(C)C1CC1C. The highest BCUT2D eigenvalue weighted by Gasteiger charge is 2.37. The Morgan fingerprint density at radius 3 is 2.45 bits per heavy atom. The molecule has 0 heterocycles. The number of hydrogen-bond donors (Lipinski definition) is 2. The standard InChI is InChI=1S/C9H19NO/c1-6-4-9(6)8(3)10-7(2)5-11/h6-11H,4-5H2,1-3H3. The van der Waals surface area contributed by atoms with Gasteiger partial charge in [0.2, 0.25) is 0 Å². The highest BCUT2D eigenvalue weighted by Crippen LogP contribution is 2.40. The molecule has 66 valence electrons. The molecule has 1 aliphatic carbocycles. The molecular formula is C9H19NO. The van der Waals surface area contributed by atoms with Crippen LogP contribution in [0.1, 0.15) is 27.2 Å². The largest absolute Gasteiger partial charge is 0.395 e. The first kappa shape index (κ1) is 9.01. The summed E-state index contributed by atoms with van der Waals surface area (Å²) in [5.74, 6) is 1.74. The molecule has 1 saturated carbocycles. The molecular weight excluding hydrogens is 138 g/mol. The van der Waals surface area contributed by atoms with Gasteiger partial charge in [-0.1, -0.05) is 6.92 Å². The van der Waals surface area contributed by atoms with Gasteiger partial charge in [0.25, 0.3) is 0 Å². The van der Waals surface area contributed by atoms with Crippen LogP contribution in [0.4, 0.5) is 0 Å². The molecule has 4 unspecified atom stereocenters. The van der Waals surface area contributed by atoms with Crippen LogP contribution in [0.5, 0.6) is 0 Å². The maximum Gasteiger partial charge on any atom is 0.0582 e. The van der Waals surface area contributed by atoms with Crippen molar-refractivity contribution in [2.45, 2.75) is 39.3 Å². The van der Waals surface area contributed by atoms with Crippen LogP contribution < -0.4 is 5.32 Å². The number of hydrogen-bond acceptors (Lipinski definition) is 2. The molecule has 2 heteroatoms. The zero-order chi connectivity index (χ0) is 8.43. The molecule has 0 aromatic heterocycles. The van der Waals surface area contributed by atoms with E-state index in [9.17, 15) is 0 Å². The molecule has 0 saturated heterocycles. The molecule has 0 aromatic carbocycles. The number of aliphatic hydroxyl groups is 1. The maximum absolute atomic E-state index is 8.79. The Labute approximate surface area is 69.0 Å². The van der Waals surface area contributed by atoms with Crippen molar-refractivity contribution < 1.29 is 5.11 Å². The van der Waals surface area contributed by atoms with E-state index in [1.807, 2.05) is 6.92 Å². The van der Waals surface area contributed by atoms with Crippen molar-refractivity contribution in [1.29, 1.82) is 0 Å². The van der Waals surface area contributed by atoms with Crippen LogP contribution in [0, 0.1) is 11.8 Å². The van der Waals surface area contributed by atoms with Gasteiger partial charge in [-0.3, -0.25) is 0 Å². The van der Waals surface area contributed by atoms with Crippen LogP contribution in [0.25, 0.3) is 0 Å². The van der Waals surface area contributed by atoms with E-state index in [0.29, 0.717) is 6.04 Å². The minimum Gasteiger partial charge on any atom is -0.395 e. The molecule has 0 radical (unpaired) electrons. The van der Waals surface area contributed by atoms with E-state index in [0.717, 1.165) is 11.8 Å². The zero-order valence-corrected chi connectivity index (χ0v) is 7.67. The Morgan fingerprint density at radius 2 is 2.09 bits per heavy atom. The van der Waals surface area contributed by atoms with Gasteiger partial charge < -0.3 is 10.4 Å². The van der Waals surface area contributed by atoms with Gasteiger partial charge in [0.1, 0.15) is 0 Å². The monoisotopic (exact) mass is 157 g/mol. The van der Waals surface area contributed by atoms with E-state index in [2.05, 4.69) is 19.2 Å². The summed E-state index contributed by atoms with van der Waals surface area (Å²) in [6.07, 6.45) is 1.35. The molecule has 4 atom stereocenters. The smallest absolute Gasteiger partial charge is 0.0582 e. The highest BCUT2D eigenvalue weighted by atomic mass is 16.3. The first-order chi connectivity index (χ1) is 5.15. The number of nitrogens with one attached hydrogen (secondary N) is 1. The second-order valence-corrected chi connectivity index (χ2v) is 3.92. The van der Waals surface area contributed by atoms with Gasteiger partial charge in [0.15, 0.2) is 0 Å².